The number of sulfonamides is 1. The highest BCUT2D eigenvalue weighted by Gasteiger charge is 2.16. The highest BCUT2D eigenvalue weighted by atomic mass is 79.9. The Morgan fingerprint density at radius 3 is 2.26 bits per heavy atom. The second-order valence-corrected chi connectivity index (χ2v) is 7.92. The molecular formula is C16H14BrF2N3O4S. The van der Waals surface area contributed by atoms with Gasteiger partial charge in [0, 0.05) is 23.0 Å². The van der Waals surface area contributed by atoms with E-state index in [1.54, 1.807) is 24.3 Å². The van der Waals surface area contributed by atoms with Crippen LogP contribution >= 0.6 is 15.9 Å². The molecule has 0 aliphatic carbocycles. The van der Waals surface area contributed by atoms with Crippen molar-refractivity contribution in [3.8, 4) is 0 Å². The SMILES string of the molecule is O=C(CCNS(=O)(=O)c1ccc(F)c(F)c1)NNC(=O)c1ccc(Br)cc1. The number of halogens is 3. The van der Waals surface area contributed by atoms with Crippen LogP contribution in [-0.2, 0) is 14.8 Å². The minimum atomic E-state index is -4.10. The van der Waals surface area contributed by atoms with Crippen molar-refractivity contribution >= 4 is 37.8 Å². The maximum atomic E-state index is 13.1. The number of carbonyl (C=O) groups excluding carboxylic acids is 2. The van der Waals surface area contributed by atoms with E-state index in [1.807, 2.05) is 0 Å². The van der Waals surface area contributed by atoms with Crippen molar-refractivity contribution < 1.29 is 26.8 Å². The van der Waals surface area contributed by atoms with Gasteiger partial charge in [-0.1, -0.05) is 15.9 Å². The van der Waals surface area contributed by atoms with Gasteiger partial charge in [-0.05, 0) is 42.5 Å². The van der Waals surface area contributed by atoms with Crippen LogP contribution in [0.3, 0.4) is 0 Å². The minimum Gasteiger partial charge on any atom is -0.273 e. The zero-order valence-corrected chi connectivity index (χ0v) is 16.0. The molecule has 0 aromatic heterocycles. The van der Waals surface area contributed by atoms with E-state index in [1.165, 1.54) is 0 Å². The van der Waals surface area contributed by atoms with Gasteiger partial charge >= 0.3 is 0 Å². The van der Waals surface area contributed by atoms with E-state index in [0.717, 1.165) is 10.5 Å². The molecule has 27 heavy (non-hydrogen) atoms. The van der Waals surface area contributed by atoms with Gasteiger partial charge in [0.05, 0.1) is 4.90 Å². The maximum Gasteiger partial charge on any atom is 0.269 e. The summed E-state index contributed by atoms with van der Waals surface area (Å²) in [4.78, 5) is 23.0. The van der Waals surface area contributed by atoms with Crippen LogP contribution in [0.4, 0.5) is 8.78 Å². The normalized spacial score (nSPS) is 11.1. The molecule has 0 saturated carbocycles. The lowest BCUT2D eigenvalue weighted by molar-refractivity contribution is -0.121. The Hall–Kier alpha value is -2.37. The summed E-state index contributed by atoms with van der Waals surface area (Å²) >= 11 is 3.23. The van der Waals surface area contributed by atoms with Gasteiger partial charge in [0.25, 0.3) is 5.91 Å². The van der Waals surface area contributed by atoms with E-state index in [-0.39, 0.29) is 13.0 Å². The second kappa shape index (κ2) is 9.02. The number of nitrogens with one attached hydrogen (secondary N) is 3. The van der Waals surface area contributed by atoms with Gasteiger partial charge < -0.3 is 0 Å². The zero-order valence-electron chi connectivity index (χ0n) is 13.6. The van der Waals surface area contributed by atoms with Crippen molar-refractivity contribution in [1.29, 1.82) is 0 Å². The molecule has 2 amide bonds. The Morgan fingerprint density at radius 1 is 0.963 bits per heavy atom. The third-order valence-electron chi connectivity index (χ3n) is 3.27. The van der Waals surface area contributed by atoms with Gasteiger partial charge in [-0.15, -0.1) is 0 Å². The lowest BCUT2D eigenvalue weighted by Gasteiger charge is -2.09. The van der Waals surface area contributed by atoms with E-state index in [0.29, 0.717) is 17.7 Å². The number of benzene rings is 2. The van der Waals surface area contributed by atoms with Crippen molar-refractivity contribution in [2.24, 2.45) is 0 Å². The number of hydrogen-bond donors (Lipinski definition) is 3. The molecule has 2 aromatic carbocycles. The first-order valence-electron chi connectivity index (χ1n) is 7.48. The van der Waals surface area contributed by atoms with Crippen LogP contribution in [-0.4, -0.2) is 26.8 Å². The van der Waals surface area contributed by atoms with Gasteiger partial charge in [0.2, 0.25) is 15.9 Å². The summed E-state index contributed by atoms with van der Waals surface area (Å²) in [5.41, 5.74) is 4.65. The molecule has 7 nitrogen and oxygen atoms in total. The monoisotopic (exact) mass is 461 g/mol. The first kappa shape index (κ1) is 20.9. The van der Waals surface area contributed by atoms with Gasteiger partial charge in [-0.3, -0.25) is 20.4 Å². The molecule has 11 heteroatoms. The van der Waals surface area contributed by atoms with Crippen molar-refractivity contribution in [2.75, 3.05) is 6.54 Å². The van der Waals surface area contributed by atoms with Crippen molar-refractivity contribution in [2.45, 2.75) is 11.3 Å². The van der Waals surface area contributed by atoms with Crippen molar-refractivity contribution in [3.05, 3.63) is 64.1 Å². The van der Waals surface area contributed by atoms with Gasteiger partial charge in [0.1, 0.15) is 0 Å². The Labute approximate surface area is 162 Å². The molecule has 0 bridgehead atoms. The summed E-state index contributed by atoms with van der Waals surface area (Å²) in [5.74, 6) is -3.66. The number of hydrazine groups is 1. The van der Waals surface area contributed by atoms with E-state index in [2.05, 4.69) is 31.5 Å². The summed E-state index contributed by atoms with van der Waals surface area (Å²) in [6.07, 6.45) is -0.288. The fourth-order valence-electron chi connectivity index (χ4n) is 1.89. The topological polar surface area (TPSA) is 104 Å². The van der Waals surface area contributed by atoms with Gasteiger partial charge in [0.15, 0.2) is 11.6 Å². The largest absolute Gasteiger partial charge is 0.273 e. The smallest absolute Gasteiger partial charge is 0.269 e. The minimum absolute atomic E-state index is 0.288. The molecule has 0 aliphatic heterocycles. The summed E-state index contributed by atoms with van der Waals surface area (Å²) in [7, 11) is -4.10. The van der Waals surface area contributed by atoms with Crippen LogP contribution in [0.15, 0.2) is 51.8 Å². The molecule has 0 radical (unpaired) electrons. The van der Waals surface area contributed by atoms with Crippen LogP contribution in [0, 0.1) is 11.6 Å². The molecule has 0 spiro atoms. The number of hydrogen-bond acceptors (Lipinski definition) is 4. The molecule has 0 saturated heterocycles. The average Bonchev–Trinajstić information content (AvgIpc) is 2.62. The van der Waals surface area contributed by atoms with Crippen LogP contribution in [0.25, 0.3) is 0 Å². The van der Waals surface area contributed by atoms with E-state index >= 15 is 0 Å². The molecule has 0 aliphatic rings. The van der Waals surface area contributed by atoms with E-state index < -0.39 is 38.4 Å². The van der Waals surface area contributed by atoms with Crippen LogP contribution in [0.1, 0.15) is 16.8 Å². The Balaban J connectivity index is 1.80. The Bertz CT molecular complexity index is 953. The summed E-state index contributed by atoms with van der Waals surface area (Å²) in [6.45, 7) is -0.304. The highest BCUT2D eigenvalue weighted by molar-refractivity contribution is 9.10. The lowest BCUT2D eigenvalue weighted by Crippen LogP contribution is -2.42. The standard InChI is InChI=1S/C16H14BrF2N3O4S/c17-11-3-1-10(2-4-11)16(24)22-21-15(23)7-8-20-27(25,26)12-5-6-13(18)14(19)9-12/h1-6,9,20H,7-8H2,(H,21,23)(H,22,24). The predicted octanol–water partition coefficient (Wildman–Crippen LogP) is 1.86. The molecule has 0 atom stereocenters. The summed E-state index contributed by atoms with van der Waals surface area (Å²) in [6, 6.07) is 8.53. The quantitative estimate of drug-likeness (QED) is 0.571. The van der Waals surface area contributed by atoms with Crippen LogP contribution < -0.4 is 15.6 Å². The van der Waals surface area contributed by atoms with Crippen molar-refractivity contribution in [3.63, 3.8) is 0 Å². The van der Waals surface area contributed by atoms with E-state index in [9.17, 15) is 26.8 Å². The molecule has 3 N–H and O–H groups in total. The fraction of sp³-hybridized carbons (Fsp3) is 0.125. The molecule has 2 rings (SSSR count). The second-order valence-electron chi connectivity index (χ2n) is 5.23. The first-order valence-corrected chi connectivity index (χ1v) is 9.76. The molecule has 0 fully saturated rings. The maximum absolute atomic E-state index is 13.1. The van der Waals surface area contributed by atoms with Gasteiger partial charge in [-0.2, -0.15) is 0 Å². The Kier molecular flexibility index (Phi) is 6.99. The molecular weight excluding hydrogens is 448 g/mol. The van der Waals surface area contributed by atoms with Gasteiger partial charge in [-0.25, -0.2) is 21.9 Å². The van der Waals surface area contributed by atoms with Crippen LogP contribution in [0.5, 0.6) is 0 Å². The number of carbonyl (C=O) groups is 2. The summed E-state index contributed by atoms with van der Waals surface area (Å²) in [5, 5.41) is 0. The van der Waals surface area contributed by atoms with E-state index in [4.69, 9.17) is 0 Å². The molecule has 2 aromatic rings. The Morgan fingerprint density at radius 2 is 1.63 bits per heavy atom. The van der Waals surface area contributed by atoms with Crippen molar-refractivity contribution in [1.82, 2.24) is 15.6 Å². The third kappa shape index (κ3) is 6.08. The average molecular weight is 462 g/mol. The predicted molar refractivity (Wildman–Crippen MR) is 95.9 cm³/mol. The van der Waals surface area contributed by atoms with Crippen LogP contribution in [0.2, 0.25) is 0 Å². The summed E-state index contributed by atoms with van der Waals surface area (Å²) < 4.78 is 52.8. The third-order valence-corrected chi connectivity index (χ3v) is 5.25. The fourth-order valence-corrected chi connectivity index (χ4v) is 3.20. The zero-order chi connectivity index (χ0) is 20.0. The number of amides is 2. The first-order chi connectivity index (χ1) is 12.7. The molecule has 0 unspecified atom stereocenters. The highest BCUT2D eigenvalue weighted by Crippen LogP contribution is 2.13. The molecule has 0 heterocycles. The number of rotatable bonds is 6. The lowest BCUT2D eigenvalue weighted by atomic mass is 10.2. The molecule has 144 valence electrons.